The molecule has 18 heavy (non-hydrogen) atoms. The molecule has 0 bridgehead atoms. The minimum absolute atomic E-state index is 0.515. The molecule has 1 aliphatic rings. The molecule has 1 atom stereocenters. The smallest absolute Gasteiger partial charge is 0.161 e. The maximum atomic E-state index is 5.65. The van der Waals surface area contributed by atoms with Gasteiger partial charge in [0.25, 0.3) is 0 Å². The zero-order valence-corrected chi connectivity index (χ0v) is 11.5. The van der Waals surface area contributed by atoms with Gasteiger partial charge in [-0.05, 0) is 36.1 Å². The van der Waals surface area contributed by atoms with E-state index in [0.29, 0.717) is 25.0 Å². The average molecular weight is 249 g/mol. The first kappa shape index (κ1) is 13.2. The van der Waals surface area contributed by atoms with Crippen LogP contribution in [0.3, 0.4) is 0 Å². The predicted octanol–water partition coefficient (Wildman–Crippen LogP) is 2.81. The van der Waals surface area contributed by atoms with Crippen LogP contribution < -0.4 is 14.8 Å². The molecule has 0 spiro atoms. The minimum atomic E-state index is 0.515. The van der Waals surface area contributed by atoms with Gasteiger partial charge in [-0.15, -0.1) is 0 Å². The fourth-order valence-corrected chi connectivity index (χ4v) is 2.33. The van der Waals surface area contributed by atoms with Crippen molar-refractivity contribution in [2.24, 2.45) is 5.92 Å². The summed E-state index contributed by atoms with van der Waals surface area (Å²) in [5, 5.41) is 3.44. The summed E-state index contributed by atoms with van der Waals surface area (Å²) >= 11 is 0. The van der Waals surface area contributed by atoms with Crippen LogP contribution in [0.4, 0.5) is 0 Å². The van der Waals surface area contributed by atoms with Crippen molar-refractivity contribution in [2.75, 3.05) is 26.3 Å². The van der Waals surface area contributed by atoms with Crippen molar-refractivity contribution in [3.63, 3.8) is 0 Å². The van der Waals surface area contributed by atoms with Gasteiger partial charge in [0.2, 0.25) is 0 Å². The van der Waals surface area contributed by atoms with Gasteiger partial charge in [-0.25, -0.2) is 0 Å². The van der Waals surface area contributed by atoms with Gasteiger partial charge in [-0.1, -0.05) is 26.8 Å². The second-order valence-corrected chi connectivity index (χ2v) is 5.06. The van der Waals surface area contributed by atoms with Crippen molar-refractivity contribution in [3.8, 4) is 11.5 Å². The minimum Gasteiger partial charge on any atom is -0.486 e. The van der Waals surface area contributed by atoms with Crippen LogP contribution in [0.5, 0.6) is 11.5 Å². The maximum absolute atomic E-state index is 5.65. The average Bonchev–Trinajstić information content (AvgIpc) is 2.38. The Hall–Kier alpha value is -1.22. The Morgan fingerprint density at radius 3 is 2.56 bits per heavy atom. The molecule has 0 fully saturated rings. The molecule has 2 rings (SSSR count). The van der Waals surface area contributed by atoms with Gasteiger partial charge in [-0.3, -0.25) is 0 Å². The summed E-state index contributed by atoms with van der Waals surface area (Å²) < 4.78 is 11.2. The Labute approximate surface area is 109 Å². The molecule has 0 saturated heterocycles. The predicted molar refractivity (Wildman–Crippen MR) is 73.6 cm³/mol. The Balaban J connectivity index is 2.19. The van der Waals surface area contributed by atoms with Crippen molar-refractivity contribution in [1.29, 1.82) is 0 Å². The summed E-state index contributed by atoms with van der Waals surface area (Å²) in [5.41, 5.74) is 1.33. The zero-order chi connectivity index (χ0) is 13.0. The van der Waals surface area contributed by atoms with E-state index in [9.17, 15) is 0 Å². The van der Waals surface area contributed by atoms with Gasteiger partial charge in [0.15, 0.2) is 11.5 Å². The number of hydrogen-bond donors (Lipinski definition) is 1. The highest BCUT2D eigenvalue weighted by Gasteiger charge is 2.19. The molecular formula is C15H23NO2. The largest absolute Gasteiger partial charge is 0.486 e. The summed E-state index contributed by atoms with van der Waals surface area (Å²) in [6, 6.07) is 6.33. The van der Waals surface area contributed by atoms with E-state index in [1.54, 1.807) is 0 Å². The van der Waals surface area contributed by atoms with E-state index < -0.39 is 0 Å². The fraction of sp³-hybridized carbons (Fsp3) is 0.600. The van der Waals surface area contributed by atoms with E-state index in [1.807, 2.05) is 6.07 Å². The first-order valence-electron chi connectivity index (χ1n) is 6.82. The zero-order valence-electron chi connectivity index (χ0n) is 11.5. The number of fused-ring (bicyclic) bond motifs is 1. The topological polar surface area (TPSA) is 30.5 Å². The van der Waals surface area contributed by atoms with Gasteiger partial charge in [0.1, 0.15) is 13.2 Å². The third-order valence-electron chi connectivity index (χ3n) is 3.41. The van der Waals surface area contributed by atoms with Gasteiger partial charge in [0.05, 0.1) is 0 Å². The lowest BCUT2D eigenvalue weighted by atomic mass is 9.88. The number of hydrogen-bond acceptors (Lipinski definition) is 3. The summed E-state index contributed by atoms with van der Waals surface area (Å²) in [6.45, 7) is 9.98. The first-order valence-corrected chi connectivity index (χ1v) is 6.82. The van der Waals surface area contributed by atoms with Gasteiger partial charge >= 0.3 is 0 Å². The highest BCUT2D eigenvalue weighted by atomic mass is 16.6. The lowest BCUT2D eigenvalue weighted by molar-refractivity contribution is 0.171. The number of ether oxygens (including phenoxy) is 2. The number of likely N-dealkylation sites (N-methyl/N-ethyl adjacent to an activating group) is 1. The Morgan fingerprint density at radius 2 is 1.89 bits per heavy atom. The molecule has 1 aliphatic heterocycles. The van der Waals surface area contributed by atoms with E-state index in [2.05, 4.69) is 38.2 Å². The van der Waals surface area contributed by atoms with Crippen molar-refractivity contribution < 1.29 is 9.47 Å². The van der Waals surface area contributed by atoms with E-state index in [-0.39, 0.29) is 0 Å². The standard InChI is InChI=1S/C15H23NO2/c1-4-16-10-13(11(2)3)12-5-6-14-15(9-12)18-8-7-17-14/h5-6,9,11,13,16H,4,7-8,10H2,1-3H3. The summed E-state index contributed by atoms with van der Waals surface area (Å²) in [7, 11) is 0. The van der Waals surface area contributed by atoms with Crippen LogP contribution in [0.25, 0.3) is 0 Å². The first-order chi connectivity index (χ1) is 8.72. The molecule has 0 saturated carbocycles. The number of nitrogens with one attached hydrogen (secondary N) is 1. The summed E-state index contributed by atoms with van der Waals surface area (Å²) in [6.07, 6.45) is 0. The Kier molecular flexibility index (Phi) is 4.48. The lowest BCUT2D eigenvalue weighted by Crippen LogP contribution is -2.24. The van der Waals surface area contributed by atoms with Crippen LogP contribution in [0, 0.1) is 5.92 Å². The fourth-order valence-electron chi connectivity index (χ4n) is 2.33. The van der Waals surface area contributed by atoms with Crippen molar-refractivity contribution in [3.05, 3.63) is 23.8 Å². The van der Waals surface area contributed by atoms with Crippen LogP contribution in [0.15, 0.2) is 18.2 Å². The monoisotopic (exact) mass is 249 g/mol. The van der Waals surface area contributed by atoms with Crippen molar-refractivity contribution in [2.45, 2.75) is 26.7 Å². The Bertz CT molecular complexity index is 390. The normalized spacial score (nSPS) is 15.8. The van der Waals surface area contributed by atoms with Crippen LogP contribution >= 0.6 is 0 Å². The number of rotatable bonds is 5. The van der Waals surface area contributed by atoms with E-state index in [0.717, 1.165) is 24.6 Å². The molecule has 1 unspecified atom stereocenters. The van der Waals surface area contributed by atoms with Gasteiger partial charge in [0, 0.05) is 6.54 Å². The van der Waals surface area contributed by atoms with Crippen LogP contribution in [0.2, 0.25) is 0 Å². The third kappa shape index (κ3) is 2.96. The highest BCUT2D eigenvalue weighted by Crippen LogP contribution is 2.34. The van der Waals surface area contributed by atoms with Gasteiger partial charge < -0.3 is 14.8 Å². The SMILES string of the molecule is CCNCC(c1ccc2c(c1)OCCO2)C(C)C. The molecule has 1 aromatic carbocycles. The number of benzene rings is 1. The summed E-state index contributed by atoms with van der Waals surface area (Å²) in [5.74, 6) is 2.88. The third-order valence-corrected chi connectivity index (χ3v) is 3.41. The second-order valence-electron chi connectivity index (χ2n) is 5.06. The van der Waals surface area contributed by atoms with Gasteiger partial charge in [-0.2, -0.15) is 0 Å². The van der Waals surface area contributed by atoms with E-state index >= 15 is 0 Å². The molecule has 1 heterocycles. The molecule has 3 nitrogen and oxygen atoms in total. The van der Waals surface area contributed by atoms with Crippen molar-refractivity contribution >= 4 is 0 Å². The second kappa shape index (κ2) is 6.10. The molecule has 0 aliphatic carbocycles. The van der Waals surface area contributed by atoms with E-state index in [1.165, 1.54) is 5.56 Å². The van der Waals surface area contributed by atoms with Crippen LogP contribution in [-0.2, 0) is 0 Å². The molecule has 0 aromatic heterocycles. The maximum Gasteiger partial charge on any atom is 0.161 e. The molecular weight excluding hydrogens is 226 g/mol. The highest BCUT2D eigenvalue weighted by molar-refractivity contribution is 5.45. The Morgan fingerprint density at radius 1 is 1.17 bits per heavy atom. The molecule has 1 aromatic rings. The van der Waals surface area contributed by atoms with Crippen LogP contribution in [-0.4, -0.2) is 26.3 Å². The van der Waals surface area contributed by atoms with Crippen molar-refractivity contribution in [1.82, 2.24) is 5.32 Å². The molecule has 100 valence electrons. The van der Waals surface area contributed by atoms with Crippen LogP contribution in [0.1, 0.15) is 32.3 Å². The lowest BCUT2D eigenvalue weighted by Gasteiger charge is -2.24. The summed E-state index contributed by atoms with van der Waals surface area (Å²) in [4.78, 5) is 0. The molecule has 1 N–H and O–H groups in total. The molecule has 3 heteroatoms. The van der Waals surface area contributed by atoms with E-state index in [4.69, 9.17) is 9.47 Å². The molecule has 0 radical (unpaired) electrons. The molecule has 0 amide bonds. The quantitative estimate of drug-likeness (QED) is 0.870.